The van der Waals surface area contributed by atoms with Crippen LogP contribution >= 0.6 is 0 Å². The lowest BCUT2D eigenvalue weighted by Gasteiger charge is -1.94. The van der Waals surface area contributed by atoms with Crippen LogP contribution < -0.4 is 9.57 Å². The number of rotatable bonds is 3. The normalized spacial score (nSPS) is 9.33. The number of hydrogen-bond acceptors (Lipinski definition) is 3. The molecule has 0 aliphatic heterocycles. The summed E-state index contributed by atoms with van der Waals surface area (Å²) in [6.07, 6.45) is 1.41. The molecule has 0 aromatic carbocycles. The Morgan fingerprint density at radius 1 is 1.58 bits per heavy atom. The zero-order chi connectivity index (χ0) is 8.97. The Hall–Kier alpha value is -1.78. The fourth-order valence-corrected chi connectivity index (χ4v) is 0.653. The van der Waals surface area contributed by atoms with E-state index < -0.39 is 12.6 Å². The molecule has 5 nitrogen and oxygen atoms in total. The first-order valence-electron chi connectivity index (χ1n) is 3.25. The molecule has 0 unspecified atom stereocenters. The van der Waals surface area contributed by atoms with Crippen molar-refractivity contribution in [3.8, 4) is 5.88 Å². The second kappa shape index (κ2) is 3.56. The highest BCUT2D eigenvalue weighted by Gasteiger charge is 2.10. The molecule has 0 atom stereocenters. The van der Waals surface area contributed by atoms with Gasteiger partial charge < -0.3 is 10.2 Å². The summed E-state index contributed by atoms with van der Waals surface area (Å²) in [5.41, 5.74) is 0. The van der Waals surface area contributed by atoms with Crippen molar-refractivity contribution in [2.45, 2.75) is 0 Å². The lowest BCUT2D eigenvalue weighted by atomic mass is 10.5. The summed E-state index contributed by atoms with van der Waals surface area (Å²) in [7, 11) is 0. The van der Waals surface area contributed by atoms with E-state index >= 15 is 0 Å². The largest absolute Gasteiger partial charge is 0.479 e. The van der Waals surface area contributed by atoms with Crippen molar-refractivity contribution < 1.29 is 24.6 Å². The first-order valence-corrected chi connectivity index (χ1v) is 3.25. The Balaban J connectivity index is 2.63. The topological polar surface area (TPSA) is 70.6 Å². The fraction of sp³-hybridized carbons (Fsp3) is 0.143. The van der Waals surface area contributed by atoms with Crippen LogP contribution in [0.3, 0.4) is 0 Å². The molecule has 0 fully saturated rings. The number of nitrogens with zero attached hydrogens (tertiary/aromatic N) is 1. The van der Waals surface area contributed by atoms with E-state index in [4.69, 9.17) is 10.2 Å². The third kappa shape index (κ3) is 2.12. The molecule has 0 saturated heterocycles. The lowest BCUT2D eigenvalue weighted by molar-refractivity contribution is -0.891. The number of carbonyl (C=O) groups is 1. The van der Waals surface area contributed by atoms with Gasteiger partial charge in [-0.15, -0.1) is 0 Å². The van der Waals surface area contributed by atoms with Crippen molar-refractivity contribution >= 4 is 5.97 Å². The molecule has 0 bridgehead atoms. The molecule has 2 N–H and O–H groups in total. The van der Waals surface area contributed by atoms with Crippen LogP contribution in [0.25, 0.3) is 0 Å². The lowest BCUT2D eigenvalue weighted by Crippen LogP contribution is -2.44. The highest BCUT2D eigenvalue weighted by Crippen LogP contribution is 1.94. The van der Waals surface area contributed by atoms with E-state index in [0.717, 1.165) is 4.73 Å². The second-order valence-electron chi connectivity index (χ2n) is 2.05. The van der Waals surface area contributed by atoms with Crippen molar-refractivity contribution in [1.29, 1.82) is 0 Å². The van der Waals surface area contributed by atoms with Gasteiger partial charge in [0, 0.05) is 10.8 Å². The van der Waals surface area contributed by atoms with Gasteiger partial charge in [-0.25, -0.2) is 4.79 Å². The van der Waals surface area contributed by atoms with Crippen molar-refractivity contribution in [3.05, 3.63) is 24.4 Å². The number of aromatic nitrogens is 1. The van der Waals surface area contributed by atoms with Crippen LogP contribution in [0.2, 0.25) is 0 Å². The molecule has 1 aromatic rings. The summed E-state index contributed by atoms with van der Waals surface area (Å²) in [5, 5.41) is 17.3. The average Bonchev–Trinajstić information content (AvgIpc) is 2.03. The molecule has 0 aliphatic rings. The molecule has 1 rings (SSSR count). The Bertz CT molecular complexity index is 286. The molecular formula is C7H8NO4+. The van der Waals surface area contributed by atoms with Crippen molar-refractivity contribution in [2.75, 3.05) is 6.61 Å². The molecule has 64 valence electrons. The van der Waals surface area contributed by atoms with Gasteiger partial charge in [0.05, 0.1) is 6.07 Å². The van der Waals surface area contributed by atoms with Crippen molar-refractivity contribution in [1.82, 2.24) is 0 Å². The quantitative estimate of drug-likeness (QED) is 0.582. The average molecular weight is 170 g/mol. The molecule has 1 aromatic heterocycles. The molecule has 0 radical (unpaired) electrons. The first kappa shape index (κ1) is 8.32. The smallest absolute Gasteiger partial charge is 0.414 e. The van der Waals surface area contributed by atoms with Crippen LogP contribution in [0.15, 0.2) is 24.4 Å². The Morgan fingerprint density at radius 3 is 2.92 bits per heavy atom. The van der Waals surface area contributed by atoms with Gasteiger partial charge in [-0.2, -0.15) is 0 Å². The van der Waals surface area contributed by atoms with Crippen LogP contribution in [0.1, 0.15) is 0 Å². The minimum Gasteiger partial charge on any atom is -0.479 e. The maximum absolute atomic E-state index is 10.1. The molecule has 1 heterocycles. The highest BCUT2D eigenvalue weighted by atomic mass is 16.7. The van der Waals surface area contributed by atoms with Crippen LogP contribution in [0, 0.1) is 0 Å². The van der Waals surface area contributed by atoms with E-state index in [9.17, 15) is 4.79 Å². The van der Waals surface area contributed by atoms with Gasteiger partial charge in [0.25, 0.3) is 6.61 Å². The summed E-state index contributed by atoms with van der Waals surface area (Å²) >= 11 is 0. The minimum absolute atomic E-state index is 0.140. The summed E-state index contributed by atoms with van der Waals surface area (Å²) in [5.74, 6) is -1.23. The van der Waals surface area contributed by atoms with Gasteiger partial charge in [0.15, 0.2) is 0 Å². The van der Waals surface area contributed by atoms with E-state index in [1.807, 2.05) is 0 Å². The number of carboxylic acid groups (broad SMARTS) is 1. The van der Waals surface area contributed by atoms with Crippen molar-refractivity contribution in [3.63, 3.8) is 0 Å². The van der Waals surface area contributed by atoms with E-state index in [0.29, 0.717) is 0 Å². The van der Waals surface area contributed by atoms with E-state index in [-0.39, 0.29) is 5.88 Å². The maximum atomic E-state index is 10.1. The van der Waals surface area contributed by atoms with Gasteiger partial charge in [-0.05, 0) is 6.07 Å². The monoisotopic (exact) mass is 170 g/mol. The van der Waals surface area contributed by atoms with E-state index in [1.165, 1.54) is 12.3 Å². The van der Waals surface area contributed by atoms with Crippen LogP contribution in [-0.4, -0.2) is 22.8 Å². The van der Waals surface area contributed by atoms with E-state index in [1.54, 1.807) is 12.1 Å². The molecule has 12 heavy (non-hydrogen) atoms. The van der Waals surface area contributed by atoms with Gasteiger partial charge >= 0.3 is 11.8 Å². The standard InChI is InChI=1S/C7H7NO4/c9-6-3-1-2-4-8(6)12-5-7(10)11/h1-4H,5H2,(H,10,11)/p+1. The predicted molar refractivity (Wildman–Crippen MR) is 37.4 cm³/mol. The molecular weight excluding hydrogens is 162 g/mol. The molecule has 0 amide bonds. The van der Waals surface area contributed by atoms with E-state index in [2.05, 4.69) is 4.84 Å². The number of pyridine rings is 1. The number of aliphatic carboxylic acids is 1. The van der Waals surface area contributed by atoms with Crippen LogP contribution in [0.5, 0.6) is 5.88 Å². The van der Waals surface area contributed by atoms with Crippen molar-refractivity contribution in [2.24, 2.45) is 0 Å². The predicted octanol–water partition coefficient (Wildman–Crippen LogP) is -0.807. The zero-order valence-electron chi connectivity index (χ0n) is 6.17. The minimum atomic E-state index is -1.09. The number of hydrogen-bond donors (Lipinski definition) is 2. The zero-order valence-corrected chi connectivity index (χ0v) is 6.17. The molecule has 0 saturated carbocycles. The first-order chi connectivity index (χ1) is 5.70. The Labute approximate surface area is 68.4 Å². The number of aromatic hydroxyl groups is 1. The summed E-state index contributed by atoms with van der Waals surface area (Å²) in [6.45, 7) is -0.484. The van der Waals surface area contributed by atoms with Gasteiger partial charge in [0.2, 0.25) is 6.20 Å². The summed E-state index contributed by atoms with van der Waals surface area (Å²) < 4.78 is 0.980. The third-order valence-electron chi connectivity index (χ3n) is 1.13. The highest BCUT2D eigenvalue weighted by molar-refractivity contribution is 5.67. The van der Waals surface area contributed by atoms with Gasteiger partial charge in [-0.1, -0.05) is 0 Å². The third-order valence-corrected chi connectivity index (χ3v) is 1.13. The Morgan fingerprint density at radius 2 is 2.33 bits per heavy atom. The van der Waals surface area contributed by atoms with Gasteiger partial charge in [0.1, 0.15) is 0 Å². The Kier molecular flexibility index (Phi) is 2.47. The van der Waals surface area contributed by atoms with Crippen LogP contribution in [0.4, 0.5) is 0 Å². The second-order valence-corrected chi connectivity index (χ2v) is 2.05. The van der Waals surface area contributed by atoms with Gasteiger partial charge in [-0.3, -0.25) is 4.84 Å². The SMILES string of the molecule is O=C(O)CO[n+]1ccccc1O. The molecule has 5 heteroatoms. The maximum Gasteiger partial charge on any atom is 0.414 e. The molecule has 0 aliphatic carbocycles. The molecule has 0 spiro atoms. The summed E-state index contributed by atoms with van der Waals surface area (Å²) in [4.78, 5) is 14.7. The van der Waals surface area contributed by atoms with Crippen LogP contribution in [-0.2, 0) is 4.79 Å². The fourth-order valence-electron chi connectivity index (χ4n) is 0.653. The number of carboxylic acids is 1. The summed E-state index contributed by atoms with van der Waals surface area (Å²) in [6, 6.07) is 4.61.